The molecule has 1 aliphatic carbocycles. The second-order valence-corrected chi connectivity index (χ2v) is 3.69. The molecule has 1 amide bonds. The summed E-state index contributed by atoms with van der Waals surface area (Å²) in [6.45, 7) is 4.60. The minimum Gasteiger partial charge on any atom is -0.276 e. The van der Waals surface area contributed by atoms with Gasteiger partial charge in [-0.2, -0.15) is 0 Å². The normalized spacial score (nSPS) is 20.2. The largest absolute Gasteiger partial charge is 0.276 e. The number of hydrogen-bond donors (Lipinski definition) is 0. The first-order chi connectivity index (χ1) is 6.27. The van der Waals surface area contributed by atoms with E-state index < -0.39 is 0 Å². The molecule has 1 fully saturated rings. The summed E-state index contributed by atoms with van der Waals surface area (Å²) in [5.74, 6) is 0.647. The molecule has 1 unspecified atom stereocenters. The molecular formula is C10H19NO2. The maximum absolute atomic E-state index is 10.5. The highest BCUT2D eigenvalue weighted by Crippen LogP contribution is 2.29. The maximum Gasteiger partial charge on any atom is 0.233 e. The number of amides is 1. The molecule has 0 radical (unpaired) electrons. The summed E-state index contributed by atoms with van der Waals surface area (Å²) in [4.78, 5) is 16.0. The first kappa shape index (κ1) is 10.5. The molecule has 0 bridgehead atoms. The Morgan fingerprint density at radius 2 is 2.15 bits per heavy atom. The van der Waals surface area contributed by atoms with Crippen LogP contribution in [0.25, 0.3) is 0 Å². The third-order valence-corrected chi connectivity index (χ3v) is 2.79. The molecule has 0 N–H and O–H groups in total. The summed E-state index contributed by atoms with van der Waals surface area (Å²) in [7, 11) is 0. The van der Waals surface area contributed by atoms with Gasteiger partial charge in [-0.15, -0.1) is 0 Å². The molecule has 1 saturated carbocycles. The Morgan fingerprint density at radius 3 is 2.62 bits per heavy atom. The summed E-state index contributed by atoms with van der Waals surface area (Å²) in [6, 6.07) is 0. The zero-order valence-electron chi connectivity index (χ0n) is 8.53. The monoisotopic (exact) mass is 185 g/mol. The lowest BCUT2D eigenvalue weighted by Crippen LogP contribution is -2.30. The van der Waals surface area contributed by atoms with Gasteiger partial charge < -0.3 is 0 Å². The van der Waals surface area contributed by atoms with Crippen molar-refractivity contribution in [2.24, 2.45) is 5.92 Å². The second kappa shape index (κ2) is 5.22. The van der Waals surface area contributed by atoms with Crippen LogP contribution >= 0.6 is 0 Å². The number of hydrogen-bond acceptors (Lipinski definition) is 2. The fourth-order valence-corrected chi connectivity index (χ4v) is 1.90. The van der Waals surface area contributed by atoms with Crippen LogP contribution in [0, 0.1) is 5.92 Å². The molecule has 0 aromatic heterocycles. The zero-order valence-corrected chi connectivity index (χ0v) is 8.53. The molecule has 3 nitrogen and oxygen atoms in total. The van der Waals surface area contributed by atoms with Crippen LogP contribution in [-0.4, -0.2) is 24.1 Å². The summed E-state index contributed by atoms with van der Waals surface area (Å²) in [5, 5.41) is 1.38. The van der Waals surface area contributed by atoms with Crippen molar-refractivity contribution in [2.45, 2.75) is 45.6 Å². The highest BCUT2D eigenvalue weighted by Gasteiger charge is 2.23. The van der Waals surface area contributed by atoms with Crippen LogP contribution in [0.5, 0.6) is 0 Å². The number of nitrogens with zero attached hydrogens (tertiary/aromatic N) is 1. The van der Waals surface area contributed by atoms with Gasteiger partial charge in [0.05, 0.1) is 6.10 Å². The van der Waals surface area contributed by atoms with Gasteiger partial charge in [0.25, 0.3) is 0 Å². The average molecular weight is 185 g/mol. The van der Waals surface area contributed by atoms with Gasteiger partial charge in [0.15, 0.2) is 0 Å². The Bertz CT molecular complexity index is 155. The van der Waals surface area contributed by atoms with Crippen molar-refractivity contribution < 1.29 is 9.63 Å². The standard InChI is InChI=1S/C10H19NO2/c1-3-11(8-12)13-9(2)10-6-4-5-7-10/h8-10H,3-7H2,1-2H3. The van der Waals surface area contributed by atoms with Crippen molar-refractivity contribution in [3.63, 3.8) is 0 Å². The maximum atomic E-state index is 10.5. The van der Waals surface area contributed by atoms with Crippen molar-refractivity contribution in [3.05, 3.63) is 0 Å². The third-order valence-electron chi connectivity index (χ3n) is 2.79. The van der Waals surface area contributed by atoms with Gasteiger partial charge in [-0.25, -0.2) is 5.06 Å². The molecule has 0 aliphatic heterocycles. The smallest absolute Gasteiger partial charge is 0.233 e. The van der Waals surface area contributed by atoms with E-state index in [-0.39, 0.29) is 6.10 Å². The van der Waals surface area contributed by atoms with Crippen LogP contribution in [-0.2, 0) is 9.63 Å². The van der Waals surface area contributed by atoms with E-state index in [1.54, 1.807) is 0 Å². The van der Waals surface area contributed by atoms with Gasteiger partial charge in [-0.1, -0.05) is 12.8 Å². The van der Waals surface area contributed by atoms with E-state index in [1.807, 2.05) is 6.92 Å². The molecule has 0 spiro atoms. The SMILES string of the molecule is CCN(C=O)OC(C)C1CCCC1. The lowest BCUT2D eigenvalue weighted by molar-refractivity contribution is -0.197. The second-order valence-electron chi connectivity index (χ2n) is 3.69. The van der Waals surface area contributed by atoms with E-state index in [2.05, 4.69) is 6.92 Å². The quantitative estimate of drug-likeness (QED) is 0.484. The predicted molar refractivity (Wildman–Crippen MR) is 50.9 cm³/mol. The number of carbonyl (C=O) groups excluding carboxylic acids is 1. The van der Waals surface area contributed by atoms with E-state index in [4.69, 9.17) is 4.84 Å². The van der Waals surface area contributed by atoms with Crippen LogP contribution in [0.4, 0.5) is 0 Å². The lowest BCUT2D eigenvalue weighted by Gasteiger charge is -2.24. The van der Waals surface area contributed by atoms with Crippen molar-refractivity contribution in [3.8, 4) is 0 Å². The first-order valence-corrected chi connectivity index (χ1v) is 5.16. The van der Waals surface area contributed by atoms with Gasteiger partial charge in [0.1, 0.15) is 0 Å². The average Bonchev–Trinajstić information content (AvgIpc) is 2.66. The number of carbonyl (C=O) groups is 1. The molecular weight excluding hydrogens is 166 g/mol. The summed E-state index contributed by atoms with van der Waals surface area (Å²) >= 11 is 0. The van der Waals surface area contributed by atoms with Crippen molar-refractivity contribution in [1.29, 1.82) is 0 Å². The van der Waals surface area contributed by atoms with Crippen LogP contribution in [0.1, 0.15) is 39.5 Å². The van der Waals surface area contributed by atoms with Gasteiger partial charge in [-0.05, 0) is 32.6 Å². The van der Waals surface area contributed by atoms with Crippen LogP contribution in [0.2, 0.25) is 0 Å². The molecule has 13 heavy (non-hydrogen) atoms. The van der Waals surface area contributed by atoms with E-state index in [0.29, 0.717) is 12.5 Å². The fraction of sp³-hybridized carbons (Fsp3) is 0.900. The summed E-state index contributed by atoms with van der Waals surface area (Å²) in [6.07, 6.45) is 6.06. The van der Waals surface area contributed by atoms with Gasteiger partial charge in [0.2, 0.25) is 6.41 Å². The van der Waals surface area contributed by atoms with Crippen LogP contribution < -0.4 is 0 Å². The molecule has 1 rings (SSSR count). The summed E-state index contributed by atoms with van der Waals surface area (Å²) in [5.41, 5.74) is 0. The van der Waals surface area contributed by atoms with Crippen molar-refractivity contribution >= 4 is 6.41 Å². The van der Waals surface area contributed by atoms with E-state index in [0.717, 1.165) is 6.41 Å². The minimum absolute atomic E-state index is 0.188. The Labute approximate surface area is 80.0 Å². The third kappa shape index (κ3) is 2.99. The van der Waals surface area contributed by atoms with Crippen molar-refractivity contribution in [2.75, 3.05) is 6.54 Å². The predicted octanol–water partition coefficient (Wildman–Crippen LogP) is 1.97. The highest BCUT2D eigenvalue weighted by atomic mass is 16.7. The van der Waals surface area contributed by atoms with Crippen molar-refractivity contribution in [1.82, 2.24) is 5.06 Å². The van der Waals surface area contributed by atoms with Gasteiger partial charge in [-0.3, -0.25) is 9.63 Å². The Balaban J connectivity index is 2.29. The van der Waals surface area contributed by atoms with Gasteiger partial charge in [0, 0.05) is 6.54 Å². The van der Waals surface area contributed by atoms with Gasteiger partial charge >= 0.3 is 0 Å². The molecule has 3 heteroatoms. The highest BCUT2D eigenvalue weighted by molar-refractivity contribution is 5.44. The molecule has 1 aliphatic rings. The van der Waals surface area contributed by atoms with Crippen LogP contribution in [0.3, 0.4) is 0 Å². The molecule has 0 aromatic carbocycles. The van der Waals surface area contributed by atoms with Crippen LogP contribution in [0.15, 0.2) is 0 Å². The fourth-order valence-electron chi connectivity index (χ4n) is 1.90. The molecule has 76 valence electrons. The molecule has 0 heterocycles. The first-order valence-electron chi connectivity index (χ1n) is 5.16. The molecule has 0 aromatic rings. The lowest BCUT2D eigenvalue weighted by atomic mass is 10.0. The Morgan fingerprint density at radius 1 is 1.54 bits per heavy atom. The minimum atomic E-state index is 0.188. The van der Waals surface area contributed by atoms with E-state index in [1.165, 1.54) is 30.7 Å². The summed E-state index contributed by atoms with van der Waals surface area (Å²) < 4.78 is 0. The van der Waals surface area contributed by atoms with E-state index in [9.17, 15) is 4.79 Å². The topological polar surface area (TPSA) is 29.5 Å². The Hall–Kier alpha value is -0.570. The number of hydroxylamine groups is 2. The van der Waals surface area contributed by atoms with E-state index >= 15 is 0 Å². The molecule has 1 atom stereocenters. The molecule has 0 saturated heterocycles. The zero-order chi connectivity index (χ0) is 9.68. The number of rotatable bonds is 5. The Kier molecular flexibility index (Phi) is 4.22.